The lowest BCUT2D eigenvalue weighted by molar-refractivity contribution is -0.179. The molecule has 0 amide bonds. The quantitative estimate of drug-likeness (QED) is 0.705. The summed E-state index contributed by atoms with van der Waals surface area (Å²) in [6.07, 6.45) is 2.48. The van der Waals surface area contributed by atoms with Gasteiger partial charge in [0.1, 0.15) is 0 Å². The van der Waals surface area contributed by atoms with Crippen molar-refractivity contribution in [2.75, 3.05) is 42.9 Å². The Bertz CT molecular complexity index is 990. The van der Waals surface area contributed by atoms with Gasteiger partial charge >= 0.3 is 0 Å². The second-order valence-corrected chi connectivity index (χ2v) is 11.9. The summed E-state index contributed by atoms with van der Waals surface area (Å²) in [7, 11) is -7.04. The number of piperidine rings is 1. The maximum absolute atomic E-state index is 13.3. The Balaban J connectivity index is 1.61. The molecule has 0 N–H and O–H groups in total. The molecule has 0 aliphatic carbocycles. The summed E-state index contributed by atoms with van der Waals surface area (Å²) in [4.78, 5) is 0.234. The van der Waals surface area contributed by atoms with Gasteiger partial charge in [0.05, 0.1) is 29.5 Å². The monoisotopic (exact) mass is 444 g/mol. The first-order valence-electron chi connectivity index (χ1n) is 10.0. The summed E-state index contributed by atoms with van der Waals surface area (Å²) in [5.74, 6) is -0.505. The maximum atomic E-state index is 13.3. The average molecular weight is 445 g/mol. The largest absolute Gasteiger partial charge is 0.347 e. The molecular formula is C19H28N2O6S2. The van der Waals surface area contributed by atoms with Crippen molar-refractivity contribution in [2.24, 2.45) is 0 Å². The van der Waals surface area contributed by atoms with Crippen LogP contribution in [0.4, 0.5) is 5.69 Å². The molecule has 4 rings (SSSR count). The number of hydrogen-bond acceptors (Lipinski definition) is 6. The van der Waals surface area contributed by atoms with E-state index in [2.05, 4.69) is 0 Å². The molecule has 1 spiro atoms. The minimum atomic E-state index is -3.68. The Morgan fingerprint density at radius 2 is 1.62 bits per heavy atom. The second kappa shape index (κ2) is 7.49. The molecule has 3 fully saturated rings. The molecule has 0 aromatic heterocycles. The number of hydrogen-bond donors (Lipinski definition) is 0. The summed E-state index contributed by atoms with van der Waals surface area (Å²) in [6.45, 7) is 5.69. The summed E-state index contributed by atoms with van der Waals surface area (Å²) < 4.78 is 65.8. The number of anilines is 1. The molecule has 3 aliphatic heterocycles. The number of benzene rings is 1. The molecule has 1 aromatic rings. The van der Waals surface area contributed by atoms with Gasteiger partial charge in [0.15, 0.2) is 5.79 Å². The van der Waals surface area contributed by atoms with Crippen molar-refractivity contribution >= 4 is 25.7 Å². The van der Waals surface area contributed by atoms with Gasteiger partial charge in [-0.25, -0.2) is 16.8 Å². The molecule has 0 unspecified atom stereocenters. The van der Waals surface area contributed by atoms with Crippen LogP contribution in [0.2, 0.25) is 0 Å². The van der Waals surface area contributed by atoms with Gasteiger partial charge < -0.3 is 9.47 Å². The summed E-state index contributed by atoms with van der Waals surface area (Å²) >= 11 is 0. The van der Waals surface area contributed by atoms with E-state index < -0.39 is 25.8 Å². The average Bonchev–Trinajstić information content (AvgIpc) is 3.11. The van der Waals surface area contributed by atoms with Crippen LogP contribution in [-0.2, 0) is 29.5 Å². The van der Waals surface area contributed by atoms with Crippen molar-refractivity contribution < 1.29 is 26.3 Å². The van der Waals surface area contributed by atoms with Crippen LogP contribution in [0.3, 0.4) is 0 Å². The molecule has 162 valence electrons. The number of rotatable bonds is 3. The Labute approximate surface area is 172 Å². The van der Waals surface area contributed by atoms with Crippen LogP contribution in [0.15, 0.2) is 17.0 Å². The molecule has 0 saturated carbocycles. The molecule has 29 heavy (non-hydrogen) atoms. The van der Waals surface area contributed by atoms with Gasteiger partial charge in [0.2, 0.25) is 20.0 Å². The van der Waals surface area contributed by atoms with Crippen molar-refractivity contribution in [3.8, 4) is 0 Å². The van der Waals surface area contributed by atoms with E-state index in [4.69, 9.17) is 9.47 Å². The molecule has 1 aromatic carbocycles. The van der Waals surface area contributed by atoms with Crippen LogP contribution in [0, 0.1) is 13.8 Å². The Morgan fingerprint density at radius 3 is 2.24 bits per heavy atom. The molecule has 10 heteroatoms. The van der Waals surface area contributed by atoms with Crippen LogP contribution < -0.4 is 4.31 Å². The van der Waals surface area contributed by atoms with Crippen molar-refractivity contribution in [2.45, 2.75) is 50.2 Å². The summed E-state index contributed by atoms with van der Waals surface area (Å²) in [6, 6.07) is 3.30. The predicted octanol–water partition coefficient (Wildman–Crippen LogP) is 1.76. The lowest BCUT2D eigenvalue weighted by atomic mass is 10.1. The third kappa shape index (κ3) is 3.81. The number of nitrogens with zero attached hydrogens (tertiary/aromatic N) is 2. The Morgan fingerprint density at radius 1 is 0.966 bits per heavy atom. The zero-order valence-electron chi connectivity index (χ0n) is 16.9. The predicted molar refractivity (Wildman–Crippen MR) is 109 cm³/mol. The fourth-order valence-corrected chi connectivity index (χ4v) is 7.80. The lowest BCUT2D eigenvalue weighted by Crippen LogP contribution is -2.47. The highest BCUT2D eigenvalue weighted by Crippen LogP contribution is 2.36. The van der Waals surface area contributed by atoms with Gasteiger partial charge in [-0.1, -0.05) is 0 Å². The molecule has 0 atom stereocenters. The van der Waals surface area contributed by atoms with Crippen LogP contribution >= 0.6 is 0 Å². The van der Waals surface area contributed by atoms with E-state index in [-0.39, 0.29) is 10.6 Å². The zero-order chi connectivity index (χ0) is 20.9. The van der Waals surface area contributed by atoms with Crippen LogP contribution in [0.25, 0.3) is 0 Å². The molecule has 0 radical (unpaired) electrons. The molecule has 8 nitrogen and oxygen atoms in total. The fourth-order valence-electron chi connectivity index (χ4n) is 4.37. The summed E-state index contributed by atoms with van der Waals surface area (Å²) in [5, 5.41) is 0. The standard InChI is InChI=1S/C19H28N2O6S2/c1-15-14-18(16(2)13-17(15)21-7-3-4-12-28(21,22)23)29(24,25)20-8-5-19(6-9-20)26-10-11-27-19/h13-14H,3-12H2,1-2H3. The SMILES string of the molecule is Cc1cc(S(=O)(=O)N2CCC3(CC2)OCCO3)c(C)cc1N1CCCCS1(=O)=O. The number of ether oxygens (including phenoxy) is 2. The van der Waals surface area contributed by atoms with Crippen molar-refractivity contribution in [1.29, 1.82) is 0 Å². The highest BCUT2D eigenvalue weighted by molar-refractivity contribution is 7.92. The fraction of sp³-hybridized carbons (Fsp3) is 0.684. The van der Waals surface area contributed by atoms with E-state index in [9.17, 15) is 16.8 Å². The smallest absolute Gasteiger partial charge is 0.243 e. The minimum Gasteiger partial charge on any atom is -0.347 e. The zero-order valence-corrected chi connectivity index (χ0v) is 18.5. The van der Waals surface area contributed by atoms with Crippen LogP contribution in [0.5, 0.6) is 0 Å². The van der Waals surface area contributed by atoms with Gasteiger partial charge in [-0.2, -0.15) is 4.31 Å². The lowest BCUT2D eigenvalue weighted by Gasteiger charge is -2.37. The molecular weight excluding hydrogens is 416 g/mol. The van der Waals surface area contributed by atoms with E-state index in [1.807, 2.05) is 0 Å². The van der Waals surface area contributed by atoms with Gasteiger partial charge in [0.25, 0.3) is 0 Å². The third-order valence-corrected chi connectivity index (χ3v) is 9.92. The first-order chi connectivity index (χ1) is 13.6. The van der Waals surface area contributed by atoms with Crippen molar-refractivity contribution in [1.82, 2.24) is 4.31 Å². The van der Waals surface area contributed by atoms with E-state index in [1.165, 1.54) is 8.61 Å². The first kappa shape index (κ1) is 21.0. The van der Waals surface area contributed by atoms with Crippen LogP contribution in [0.1, 0.15) is 36.8 Å². The minimum absolute atomic E-state index is 0.130. The van der Waals surface area contributed by atoms with Crippen molar-refractivity contribution in [3.63, 3.8) is 0 Å². The second-order valence-electron chi connectivity index (χ2n) is 8.01. The number of sulfonamides is 2. The first-order valence-corrected chi connectivity index (χ1v) is 13.1. The Hall–Kier alpha value is -1.20. The Kier molecular flexibility index (Phi) is 5.44. The molecule has 3 aliphatic rings. The maximum Gasteiger partial charge on any atom is 0.243 e. The molecule has 0 bridgehead atoms. The van der Waals surface area contributed by atoms with E-state index >= 15 is 0 Å². The van der Waals surface area contributed by atoms with Gasteiger partial charge in [-0.05, 0) is 49.9 Å². The topological polar surface area (TPSA) is 93.2 Å². The molecule has 3 saturated heterocycles. The van der Waals surface area contributed by atoms with Crippen LogP contribution in [-0.4, -0.2) is 65.5 Å². The summed E-state index contributed by atoms with van der Waals surface area (Å²) in [5.41, 5.74) is 1.78. The third-order valence-electron chi connectivity index (χ3n) is 6.03. The highest BCUT2D eigenvalue weighted by Gasteiger charge is 2.43. The van der Waals surface area contributed by atoms with Crippen molar-refractivity contribution in [3.05, 3.63) is 23.3 Å². The van der Waals surface area contributed by atoms with Gasteiger partial charge in [-0.15, -0.1) is 0 Å². The molecule has 3 heterocycles. The number of aryl methyl sites for hydroxylation is 2. The van der Waals surface area contributed by atoms with E-state index in [0.717, 1.165) is 6.42 Å². The van der Waals surface area contributed by atoms with Gasteiger partial charge in [0, 0.05) is 32.5 Å². The highest BCUT2D eigenvalue weighted by atomic mass is 32.2. The van der Waals surface area contributed by atoms with Gasteiger partial charge in [-0.3, -0.25) is 4.31 Å². The van der Waals surface area contributed by atoms with E-state index in [1.54, 1.807) is 26.0 Å². The normalized spacial score (nSPS) is 24.8. The van der Waals surface area contributed by atoms with E-state index in [0.29, 0.717) is 68.9 Å².